The summed E-state index contributed by atoms with van der Waals surface area (Å²) in [4.78, 5) is 8.69. The molecule has 0 aliphatic rings. The zero-order chi connectivity index (χ0) is 22.1. The summed E-state index contributed by atoms with van der Waals surface area (Å²) in [6.07, 6.45) is 5.62. The van der Waals surface area contributed by atoms with Crippen molar-refractivity contribution in [2.45, 2.75) is 26.2 Å². The average Bonchev–Trinajstić information content (AvgIpc) is 3.20. The van der Waals surface area contributed by atoms with E-state index in [0.29, 0.717) is 22.8 Å². The summed E-state index contributed by atoms with van der Waals surface area (Å²) in [5.74, 6) is -1.17. The molecule has 4 aromatic rings. The maximum Gasteiger partial charge on any atom is 0.158 e. The normalized spacial score (nSPS) is 12.1. The Hall–Kier alpha value is -3.74. The summed E-state index contributed by atoms with van der Waals surface area (Å²) in [5.41, 5.74) is 9.35. The minimum Gasteiger partial charge on any atom is -0.396 e. The monoisotopic (exact) mass is 419 g/mol. The van der Waals surface area contributed by atoms with E-state index in [9.17, 15) is 8.78 Å². The van der Waals surface area contributed by atoms with Gasteiger partial charge in [0.25, 0.3) is 0 Å². The Balaban J connectivity index is 1.69. The van der Waals surface area contributed by atoms with Gasteiger partial charge in [0, 0.05) is 11.9 Å². The van der Waals surface area contributed by atoms with Crippen LogP contribution < -0.4 is 11.1 Å². The number of anilines is 2. The second kappa shape index (κ2) is 8.18. The smallest absolute Gasteiger partial charge is 0.158 e. The molecule has 158 valence electrons. The van der Waals surface area contributed by atoms with Gasteiger partial charge in [-0.3, -0.25) is 4.98 Å². The Morgan fingerprint density at radius 3 is 2.74 bits per heavy atom. The van der Waals surface area contributed by atoms with Crippen molar-refractivity contribution >= 4 is 22.6 Å². The zero-order valence-corrected chi connectivity index (χ0v) is 17.4. The van der Waals surface area contributed by atoms with Gasteiger partial charge in [-0.15, -0.1) is 0 Å². The molecule has 1 atom stereocenters. The molecule has 7 heteroatoms. The van der Waals surface area contributed by atoms with Crippen LogP contribution in [0.5, 0.6) is 0 Å². The molecule has 0 bridgehead atoms. The second-order valence-corrected chi connectivity index (χ2v) is 7.48. The number of hydrogen-bond acceptors (Lipinski definition) is 4. The highest BCUT2D eigenvalue weighted by atomic mass is 19.1. The van der Waals surface area contributed by atoms with Gasteiger partial charge in [-0.1, -0.05) is 38.6 Å². The van der Waals surface area contributed by atoms with Crippen LogP contribution in [0.4, 0.5) is 20.2 Å². The van der Waals surface area contributed by atoms with Gasteiger partial charge in [-0.25, -0.2) is 13.8 Å². The Kier molecular flexibility index (Phi) is 5.42. The van der Waals surface area contributed by atoms with Crippen molar-refractivity contribution in [3.8, 4) is 11.3 Å². The molecular weight excluding hydrogens is 396 g/mol. The lowest BCUT2D eigenvalue weighted by Gasteiger charge is -2.17. The number of rotatable bonds is 6. The first-order valence-corrected chi connectivity index (χ1v) is 10.0. The summed E-state index contributed by atoms with van der Waals surface area (Å²) >= 11 is 0. The predicted molar refractivity (Wildman–Crippen MR) is 121 cm³/mol. The number of nitrogen functional groups attached to an aromatic ring is 1. The van der Waals surface area contributed by atoms with E-state index in [1.807, 2.05) is 18.2 Å². The van der Waals surface area contributed by atoms with Crippen molar-refractivity contribution in [3.63, 3.8) is 0 Å². The van der Waals surface area contributed by atoms with Crippen LogP contribution in [-0.4, -0.2) is 14.4 Å². The average molecular weight is 419 g/mol. The summed E-state index contributed by atoms with van der Waals surface area (Å²) in [7, 11) is 0. The molecule has 2 aromatic heterocycles. The van der Waals surface area contributed by atoms with E-state index in [1.165, 1.54) is 24.0 Å². The molecule has 31 heavy (non-hydrogen) atoms. The SMILES string of the molecule is C=C(Nc1ccccc1C(C)CC)c1ncn2cc(-c3c(F)ccc(N)c3F)ncc12. The first kappa shape index (κ1) is 20.5. The summed E-state index contributed by atoms with van der Waals surface area (Å²) in [6, 6.07) is 10.4. The quantitative estimate of drug-likeness (QED) is 0.385. The summed E-state index contributed by atoms with van der Waals surface area (Å²) in [5, 5.41) is 3.36. The number of aromatic nitrogens is 3. The number of nitrogens with one attached hydrogen (secondary N) is 1. The van der Waals surface area contributed by atoms with Crippen LogP contribution in [0.3, 0.4) is 0 Å². The number of benzene rings is 2. The van der Waals surface area contributed by atoms with Gasteiger partial charge in [-0.2, -0.15) is 0 Å². The topological polar surface area (TPSA) is 68.2 Å². The zero-order valence-electron chi connectivity index (χ0n) is 17.4. The molecule has 2 aromatic carbocycles. The van der Waals surface area contributed by atoms with Gasteiger partial charge in [0.2, 0.25) is 0 Å². The molecular formula is C24H23F2N5. The number of imidazole rings is 1. The van der Waals surface area contributed by atoms with Crippen molar-refractivity contribution in [2.75, 3.05) is 11.1 Å². The molecule has 5 nitrogen and oxygen atoms in total. The van der Waals surface area contributed by atoms with Crippen molar-refractivity contribution in [1.29, 1.82) is 0 Å². The Morgan fingerprint density at radius 2 is 1.97 bits per heavy atom. The number of halogens is 2. The molecule has 2 heterocycles. The van der Waals surface area contributed by atoms with E-state index in [4.69, 9.17) is 5.73 Å². The molecule has 1 unspecified atom stereocenters. The molecule has 0 saturated carbocycles. The van der Waals surface area contributed by atoms with Crippen LogP contribution in [0.1, 0.15) is 37.4 Å². The first-order chi connectivity index (χ1) is 14.9. The molecule has 3 N–H and O–H groups in total. The molecule has 0 fully saturated rings. The van der Waals surface area contributed by atoms with Crippen molar-refractivity contribution in [3.05, 3.63) is 84.6 Å². The fourth-order valence-electron chi connectivity index (χ4n) is 3.54. The van der Waals surface area contributed by atoms with Crippen LogP contribution in [0.2, 0.25) is 0 Å². The van der Waals surface area contributed by atoms with E-state index in [-0.39, 0.29) is 16.9 Å². The highest BCUT2D eigenvalue weighted by Crippen LogP contribution is 2.31. The third-order valence-corrected chi connectivity index (χ3v) is 5.47. The second-order valence-electron chi connectivity index (χ2n) is 7.48. The Bertz CT molecular complexity index is 1280. The Labute approximate surface area is 179 Å². The molecule has 0 saturated heterocycles. The van der Waals surface area contributed by atoms with Crippen LogP contribution in [0.15, 0.2) is 61.7 Å². The summed E-state index contributed by atoms with van der Waals surface area (Å²) in [6.45, 7) is 8.46. The van der Waals surface area contributed by atoms with Crippen LogP contribution in [0.25, 0.3) is 22.5 Å². The molecule has 0 amide bonds. The lowest BCUT2D eigenvalue weighted by Crippen LogP contribution is -2.04. The van der Waals surface area contributed by atoms with E-state index >= 15 is 0 Å². The molecule has 0 radical (unpaired) electrons. The van der Waals surface area contributed by atoms with Crippen molar-refractivity contribution in [2.24, 2.45) is 0 Å². The van der Waals surface area contributed by atoms with Crippen LogP contribution in [0, 0.1) is 11.6 Å². The van der Waals surface area contributed by atoms with Gasteiger partial charge in [-0.05, 0) is 36.1 Å². The Morgan fingerprint density at radius 1 is 1.19 bits per heavy atom. The number of fused-ring (bicyclic) bond motifs is 1. The number of para-hydroxylation sites is 1. The van der Waals surface area contributed by atoms with Crippen molar-refractivity contribution < 1.29 is 8.78 Å². The maximum atomic E-state index is 14.4. The lowest BCUT2D eigenvalue weighted by atomic mass is 9.97. The van der Waals surface area contributed by atoms with Gasteiger partial charge in [0.15, 0.2) is 5.82 Å². The third-order valence-electron chi connectivity index (χ3n) is 5.47. The third kappa shape index (κ3) is 3.74. The number of nitrogens with zero attached hydrogens (tertiary/aromatic N) is 3. The lowest BCUT2D eigenvalue weighted by molar-refractivity contribution is 0.591. The van der Waals surface area contributed by atoms with Crippen molar-refractivity contribution in [1.82, 2.24) is 14.4 Å². The molecule has 0 aliphatic heterocycles. The standard InChI is InChI=1S/C24H23F2N5/c1-4-14(2)16-7-5-6-8-19(16)30-15(3)24-21-11-28-20(12-31(21)13-29-24)22-17(25)9-10-18(27)23(22)26/h5-14,30H,3-4,27H2,1-2H3. The van der Waals surface area contributed by atoms with E-state index in [0.717, 1.165) is 18.2 Å². The van der Waals surface area contributed by atoms with Gasteiger partial charge in [0.1, 0.15) is 17.8 Å². The maximum absolute atomic E-state index is 14.4. The molecule has 4 rings (SSSR count). The largest absolute Gasteiger partial charge is 0.396 e. The van der Waals surface area contributed by atoms with Gasteiger partial charge >= 0.3 is 0 Å². The van der Waals surface area contributed by atoms with Crippen LogP contribution in [-0.2, 0) is 0 Å². The first-order valence-electron chi connectivity index (χ1n) is 10.0. The highest BCUT2D eigenvalue weighted by Gasteiger charge is 2.18. The number of nitrogens with two attached hydrogens (primary N) is 1. The fourth-order valence-corrected chi connectivity index (χ4v) is 3.54. The van der Waals surface area contributed by atoms with Crippen LogP contribution >= 0.6 is 0 Å². The molecule has 0 aliphatic carbocycles. The number of hydrogen-bond donors (Lipinski definition) is 2. The predicted octanol–water partition coefficient (Wildman–Crippen LogP) is 5.85. The van der Waals surface area contributed by atoms with E-state index in [2.05, 4.69) is 41.8 Å². The minimum absolute atomic E-state index is 0.124. The minimum atomic E-state index is -0.833. The highest BCUT2D eigenvalue weighted by molar-refractivity contribution is 5.82. The molecule has 0 spiro atoms. The van der Waals surface area contributed by atoms with Gasteiger partial charge < -0.3 is 15.5 Å². The summed E-state index contributed by atoms with van der Waals surface area (Å²) < 4.78 is 30.3. The van der Waals surface area contributed by atoms with Gasteiger partial charge in [0.05, 0.1) is 34.4 Å². The fraction of sp³-hybridized carbons (Fsp3) is 0.167. The van der Waals surface area contributed by atoms with E-state index < -0.39 is 11.6 Å². The van der Waals surface area contributed by atoms with E-state index in [1.54, 1.807) is 10.7 Å².